The molecule has 0 fully saturated rings. The van der Waals surface area contributed by atoms with Crippen molar-refractivity contribution in [2.24, 2.45) is 11.3 Å². The number of carbonyl (C=O) groups excluding carboxylic acids is 1. The van der Waals surface area contributed by atoms with Gasteiger partial charge in [0.1, 0.15) is 11.2 Å². The predicted molar refractivity (Wildman–Crippen MR) is 107 cm³/mol. The number of benzene rings is 1. The summed E-state index contributed by atoms with van der Waals surface area (Å²) in [5.41, 5.74) is 3.54. The summed E-state index contributed by atoms with van der Waals surface area (Å²) in [6.45, 7) is 6.97. The highest BCUT2D eigenvalue weighted by atomic mass is 79.9. The van der Waals surface area contributed by atoms with Gasteiger partial charge in [-0.1, -0.05) is 48.8 Å². The third-order valence-corrected chi connectivity index (χ3v) is 7.13. The van der Waals surface area contributed by atoms with Crippen molar-refractivity contribution in [1.29, 1.82) is 0 Å². The molecule has 1 amide bonds. The van der Waals surface area contributed by atoms with Crippen LogP contribution in [0.4, 0.5) is 5.00 Å². The van der Waals surface area contributed by atoms with Gasteiger partial charge in [0.15, 0.2) is 0 Å². The van der Waals surface area contributed by atoms with E-state index < -0.39 is 0 Å². The lowest BCUT2D eigenvalue weighted by atomic mass is 9.72. The van der Waals surface area contributed by atoms with Gasteiger partial charge in [-0.25, -0.2) is 0 Å². The summed E-state index contributed by atoms with van der Waals surface area (Å²) in [6.07, 6.45) is 3.10. The summed E-state index contributed by atoms with van der Waals surface area (Å²) in [5, 5.41) is 7.71. The molecule has 2 atom stereocenters. The Bertz CT molecular complexity index is 837. The standard InChI is InChI=1S/C20H23BrN2OS/c1-20(2,3)12-7-8-14-15(10-12)25-19-16(14)18(24)22-17(23-19)11-5-4-6-13(21)9-11/h4-6,9,12,17,23H,7-8,10H2,1-3H3,(H,22,24)/t12-,17+/m1/s1. The van der Waals surface area contributed by atoms with Crippen LogP contribution < -0.4 is 10.6 Å². The van der Waals surface area contributed by atoms with Gasteiger partial charge in [0.05, 0.1) is 5.56 Å². The van der Waals surface area contributed by atoms with Crippen molar-refractivity contribution < 1.29 is 4.79 Å². The largest absolute Gasteiger partial charge is 0.353 e. The molecule has 0 unspecified atom stereocenters. The highest BCUT2D eigenvalue weighted by molar-refractivity contribution is 9.10. The lowest BCUT2D eigenvalue weighted by Gasteiger charge is -2.34. The number of anilines is 1. The van der Waals surface area contributed by atoms with Crippen LogP contribution in [0.25, 0.3) is 0 Å². The van der Waals surface area contributed by atoms with Gasteiger partial charge in [-0.15, -0.1) is 11.3 Å². The number of hydrogen-bond donors (Lipinski definition) is 2. The minimum Gasteiger partial charge on any atom is -0.353 e. The lowest BCUT2D eigenvalue weighted by Crippen LogP contribution is -2.38. The molecule has 2 aliphatic rings. The van der Waals surface area contributed by atoms with E-state index in [-0.39, 0.29) is 12.1 Å². The fourth-order valence-corrected chi connectivity index (χ4v) is 5.66. The summed E-state index contributed by atoms with van der Waals surface area (Å²) < 4.78 is 1.02. The summed E-state index contributed by atoms with van der Waals surface area (Å²) in [4.78, 5) is 14.2. The average Bonchev–Trinajstić information content (AvgIpc) is 2.92. The Morgan fingerprint density at radius 1 is 1.24 bits per heavy atom. The van der Waals surface area contributed by atoms with Crippen molar-refractivity contribution in [2.45, 2.75) is 46.2 Å². The summed E-state index contributed by atoms with van der Waals surface area (Å²) in [6, 6.07) is 8.08. The number of halogens is 1. The number of nitrogens with one attached hydrogen (secondary N) is 2. The fraction of sp³-hybridized carbons (Fsp3) is 0.450. The van der Waals surface area contributed by atoms with E-state index in [1.165, 1.54) is 16.9 Å². The first-order chi connectivity index (χ1) is 11.8. The Morgan fingerprint density at radius 2 is 2.04 bits per heavy atom. The highest BCUT2D eigenvalue weighted by Gasteiger charge is 2.36. The molecule has 2 aromatic rings. The van der Waals surface area contributed by atoms with Gasteiger partial charge in [-0.05, 0) is 53.9 Å². The number of amides is 1. The van der Waals surface area contributed by atoms with Crippen LogP contribution >= 0.6 is 27.3 Å². The maximum absolute atomic E-state index is 12.8. The monoisotopic (exact) mass is 418 g/mol. The van der Waals surface area contributed by atoms with Gasteiger partial charge in [0, 0.05) is 9.35 Å². The van der Waals surface area contributed by atoms with Gasteiger partial charge in [0.25, 0.3) is 5.91 Å². The second-order valence-corrected chi connectivity index (χ2v) is 10.1. The topological polar surface area (TPSA) is 41.1 Å². The molecule has 0 spiro atoms. The van der Waals surface area contributed by atoms with Gasteiger partial charge < -0.3 is 10.6 Å². The van der Waals surface area contributed by atoms with E-state index >= 15 is 0 Å². The van der Waals surface area contributed by atoms with Crippen LogP contribution in [0.3, 0.4) is 0 Å². The summed E-state index contributed by atoms with van der Waals surface area (Å²) >= 11 is 5.29. The van der Waals surface area contributed by atoms with E-state index in [0.717, 1.165) is 33.4 Å². The van der Waals surface area contributed by atoms with E-state index in [4.69, 9.17) is 0 Å². The van der Waals surface area contributed by atoms with Crippen molar-refractivity contribution in [2.75, 3.05) is 5.32 Å². The zero-order chi connectivity index (χ0) is 17.8. The molecule has 4 rings (SSSR count). The Kier molecular flexibility index (Phi) is 4.19. The van der Waals surface area contributed by atoms with Crippen LogP contribution in [0.2, 0.25) is 0 Å². The molecule has 1 aliphatic carbocycles. The molecule has 5 heteroatoms. The molecule has 1 aromatic carbocycles. The molecule has 2 heterocycles. The highest BCUT2D eigenvalue weighted by Crippen LogP contribution is 2.46. The Morgan fingerprint density at radius 3 is 2.76 bits per heavy atom. The molecule has 1 aliphatic heterocycles. The molecule has 2 N–H and O–H groups in total. The normalized spacial score (nSPS) is 22.6. The van der Waals surface area contributed by atoms with E-state index in [1.807, 2.05) is 24.3 Å². The van der Waals surface area contributed by atoms with Gasteiger partial charge in [-0.3, -0.25) is 4.79 Å². The van der Waals surface area contributed by atoms with E-state index in [1.54, 1.807) is 11.3 Å². The zero-order valence-electron chi connectivity index (χ0n) is 14.8. The fourth-order valence-electron chi connectivity index (χ4n) is 3.89. The van der Waals surface area contributed by atoms with Crippen molar-refractivity contribution in [3.63, 3.8) is 0 Å². The molecule has 0 saturated carbocycles. The first-order valence-corrected chi connectivity index (χ1v) is 10.4. The van der Waals surface area contributed by atoms with Crippen molar-refractivity contribution in [3.05, 3.63) is 50.3 Å². The molecule has 1 aromatic heterocycles. The van der Waals surface area contributed by atoms with Crippen molar-refractivity contribution in [1.82, 2.24) is 5.32 Å². The Balaban J connectivity index is 1.66. The van der Waals surface area contributed by atoms with Crippen molar-refractivity contribution in [3.8, 4) is 0 Å². The zero-order valence-corrected chi connectivity index (χ0v) is 17.2. The SMILES string of the molecule is CC(C)(C)[C@@H]1CCc2c(sc3c2C(=O)N[C@H](c2cccc(Br)c2)N3)C1. The molecule has 3 nitrogen and oxygen atoms in total. The van der Waals surface area contributed by atoms with Gasteiger partial charge in [-0.2, -0.15) is 0 Å². The maximum atomic E-state index is 12.8. The molecular weight excluding hydrogens is 396 g/mol. The third-order valence-electron chi connectivity index (χ3n) is 5.45. The van der Waals surface area contributed by atoms with Crippen molar-refractivity contribution >= 4 is 38.2 Å². The second-order valence-electron chi connectivity index (χ2n) is 8.12. The summed E-state index contributed by atoms with van der Waals surface area (Å²) in [7, 11) is 0. The Hall–Kier alpha value is -1.33. The maximum Gasteiger partial charge on any atom is 0.256 e. The van der Waals surface area contributed by atoms with Crippen LogP contribution in [0.5, 0.6) is 0 Å². The van der Waals surface area contributed by atoms with Crippen LogP contribution in [-0.4, -0.2) is 5.91 Å². The summed E-state index contributed by atoms with van der Waals surface area (Å²) in [5.74, 6) is 0.745. The number of rotatable bonds is 1. The van der Waals surface area contributed by atoms with Gasteiger partial charge >= 0.3 is 0 Å². The second kappa shape index (κ2) is 6.13. The molecular formula is C20H23BrN2OS. The lowest BCUT2D eigenvalue weighted by molar-refractivity contribution is 0.0935. The number of thiophene rings is 1. The molecule has 0 saturated heterocycles. The molecule has 132 valence electrons. The molecule has 0 bridgehead atoms. The van der Waals surface area contributed by atoms with Crippen LogP contribution in [0.15, 0.2) is 28.7 Å². The van der Waals surface area contributed by atoms with E-state index in [0.29, 0.717) is 11.3 Å². The Labute approximate surface area is 161 Å². The smallest absolute Gasteiger partial charge is 0.256 e. The van der Waals surface area contributed by atoms with E-state index in [2.05, 4.69) is 47.3 Å². The molecule has 25 heavy (non-hydrogen) atoms. The molecule has 0 radical (unpaired) electrons. The first-order valence-electron chi connectivity index (χ1n) is 8.80. The van der Waals surface area contributed by atoms with Gasteiger partial charge in [0.2, 0.25) is 0 Å². The number of fused-ring (bicyclic) bond motifs is 3. The van der Waals surface area contributed by atoms with Crippen LogP contribution in [-0.2, 0) is 12.8 Å². The van der Waals surface area contributed by atoms with Crippen LogP contribution in [0.1, 0.15) is 59.7 Å². The number of hydrogen-bond acceptors (Lipinski definition) is 3. The predicted octanol–water partition coefficient (Wildman–Crippen LogP) is 5.52. The van der Waals surface area contributed by atoms with Crippen LogP contribution in [0, 0.1) is 11.3 Å². The number of carbonyl (C=O) groups is 1. The minimum absolute atomic E-state index is 0.0606. The quantitative estimate of drug-likeness (QED) is 0.640. The van der Waals surface area contributed by atoms with E-state index in [9.17, 15) is 4.79 Å². The average molecular weight is 419 g/mol. The first kappa shape index (κ1) is 17.1. The minimum atomic E-state index is -0.170. The third kappa shape index (κ3) is 3.13.